The third-order valence-corrected chi connectivity index (χ3v) is 5.47. The normalized spacial score (nSPS) is 25.9. The molecule has 0 radical (unpaired) electrons. The number of likely N-dealkylation sites (tertiary alicyclic amines) is 2. The molecule has 0 aliphatic carbocycles. The maximum atomic E-state index is 12.8. The number of hydrogen-bond acceptors (Lipinski definition) is 4. The van der Waals surface area contributed by atoms with E-state index in [1.165, 1.54) is 19.4 Å². The molecule has 1 amide bonds. The van der Waals surface area contributed by atoms with Gasteiger partial charge in [-0.15, -0.1) is 0 Å². The molecular weight excluding hydrogens is 302 g/mol. The van der Waals surface area contributed by atoms with Gasteiger partial charge in [0, 0.05) is 19.1 Å². The number of benzene rings is 1. The number of carbonyl (C=O) groups excluding carboxylic acids is 1. The highest BCUT2D eigenvalue weighted by Crippen LogP contribution is 2.30. The summed E-state index contributed by atoms with van der Waals surface area (Å²) in [6.45, 7) is 5.43. The zero-order valence-electron chi connectivity index (χ0n) is 14.8. The van der Waals surface area contributed by atoms with Gasteiger partial charge >= 0.3 is 0 Å². The summed E-state index contributed by atoms with van der Waals surface area (Å²) >= 11 is 0. The number of piperidine rings is 2. The topological polar surface area (TPSA) is 58.8 Å². The summed E-state index contributed by atoms with van der Waals surface area (Å²) < 4.78 is 5.45. The minimum absolute atomic E-state index is 0.0471. The summed E-state index contributed by atoms with van der Waals surface area (Å²) in [6, 6.07) is 7.61. The molecule has 2 aliphatic heterocycles. The van der Waals surface area contributed by atoms with Crippen LogP contribution in [0.3, 0.4) is 0 Å². The molecule has 2 fully saturated rings. The second-order valence-electron chi connectivity index (χ2n) is 7.00. The van der Waals surface area contributed by atoms with E-state index >= 15 is 0 Å². The Balaban J connectivity index is 1.63. The standard InChI is InChI=1S/C19H29N3O2/c1-3-24-16-8-6-14(7-9-16)18(20)19(23)22-12-10-17-15(13-22)5-4-11-21(17)2/h6-9,15,17-18H,3-5,10-13,20H2,1-2H3. The molecule has 0 bridgehead atoms. The van der Waals surface area contributed by atoms with Crippen LogP contribution < -0.4 is 10.5 Å². The van der Waals surface area contributed by atoms with Crippen LogP contribution in [-0.2, 0) is 4.79 Å². The molecule has 0 aromatic heterocycles. The highest BCUT2D eigenvalue weighted by Gasteiger charge is 2.36. The minimum atomic E-state index is -0.585. The Labute approximate surface area is 144 Å². The number of rotatable bonds is 4. The van der Waals surface area contributed by atoms with Gasteiger partial charge in [-0.2, -0.15) is 0 Å². The number of fused-ring (bicyclic) bond motifs is 1. The van der Waals surface area contributed by atoms with Gasteiger partial charge in [0.25, 0.3) is 0 Å². The van der Waals surface area contributed by atoms with Gasteiger partial charge in [0.05, 0.1) is 6.61 Å². The summed E-state index contributed by atoms with van der Waals surface area (Å²) in [7, 11) is 2.21. The Morgan fingerprint density at radius 1 is 1.29 bits per heavy atom. The number of carbonyl (C=O) groups is 1. The predicted molar refractivity (Wildman–Crippen MR) is 94.9 cm³/mol. The van der Waals surface area contributed by atoms with Crippen molar-refractivity contribution >= 4 is 5.91 Å². The third-order valence-electron chi connectivity index (χ3n) is 5.47. The first-order chi connectivity index (χ1) is 11.6. The highest BCUT2D eigenvalue weighted by molar-refractivity contribution is 5.83. The Morgan fingerprint density at radius 3 is 2.75 bits per heavy atom. The molecule has 3 unspecified atom stereocenters. The lowest BCUT2D eigenvalue weighted by Gasteiger charge is -2.46. The summed E-state index contributed by atoms with van der Waals surface area (Å²) in [4.78, 5) is 17.3. The highest BCUT2D eigenvalue weighted by atomic mass is 16.5. The Bertz CT molecular complexity index is 560. The molecule has 2 saturated heterocycles. The molecule has 3 rings (SSSR count). The van der Waals surface area contributed by atoms with Gasteiger partial charge in [-0.3, -0.25) is 4.79 Å². The maximum absolute atomic E-state index is 12.8. The van der Waals surface area contributed by atoms with E-state index in [-0.39, 0.29) is 5.91 Å². The summed E-state index contributed by atoms with van der Waals surface area (Å²) in [6.07, 6.45) is 3.50. The van der Waals surface area contributed by atoms with Crippen molar-refractivity contribution < 1.29 is 9.53 Å². The Morgan fingerprint density at radius 2 is 2.04 bits per heavy atom. The fourth-order valence-electron chi connectivity index (χ4n) is 4.13. The van der Waals surface area contributed by atoms with Crippen molar-refractivity contribution in [3.8, 4) is 5.75 Å². The second kappa shape index (κ2) is 7.53. The van der Waals surface area contributed by atoms with Crippen molar-refractivity contribution in [1.29, 1.82) is 0 Å². The average molecular weight is 331 g/mol. The van der Waals surface area contributed by atoms with Crippen LogP contribution in [-0.4, -0.2) is 55.0 Å². The van der Waals surface area contributed by atoms with Gasteiger partial charge in [-0.05, 0) is 63.4 Å². The number of hydrogen-bond donors (Lipinski definition) is 1. The van der Waals surface area contributed by atoms with Gasteiger partial charge in [-0.25, -0.2) is 0 Å². The summed E-state index contributed by atoms with van der Waals surface area (Å²) in [5, 5.41) is 0. The van der Waals surface area contributed by atoms with Crippen molar-refractivity contribution in [3.63, 3.8) is 0 Å². The van der Waals surface area contributed by atoms with E-state index in [0.29, 0.717) is 18.6 Å². The molecule has 2 N–H and O–H groups in total. The fourth-order valence-corrected chi connectivity index (χ4v) is 4.13. The first kappa shape index (κ1) is 17.2. The second-order valence-corrected chi connectivity index (χ2v) is 7.00. The van der Waals surface area contributed by atoms with E-state index in [1.54, 1.807) is 0 Å². The summed E-state index contributed by atoms with van der Waals surface area (Å²) in [5.41, 5.74) is 7.10. The quantitative estimate of drug-likeness (QED) is 0.917. The minimum Gasteiger partial charge on any atom is -0.494 e. The van der Waals surface area contributed by atoms with Gasteiger partial charge in [-0.1, -0.05) is 12.1 Å². The molecule has 24 heavy (non-hydrogen) atoms. The fraction of sp³-hybridized carbons (Fsp3) is 0.632. The van der Waals surface area contributed by atoms with Crippen molar-refractivity contribution in [1.82, 2.24) is 9.80 Å². The molecule has 5 nitrogen and oxygen atoms in total. The average Bonchev–Trinajstić information content (AvgIpc) is 2.61. The molecule has 5 heteroatoms. The van der Waals surface area contributed by atoms with Crippen LogP contribution in [0.1, 0.15) is 37.8 Å². The molecule has 3 atom stereocenters. The van der Waals surface area contributed by atoms with Crippen molar-refractivity contribution in [2.75, 3.05) is 33.3 Å². The number of nitrogens with zero attached hydrogens (tertiary/aromatic N) is 2. The van der Waals surface area contributed by atoms with Crippen molar-refractivity contribution in [3.05, 3.63) is 29.8 Å². The zero-order valence-corrected chi connectivity index (χ0v) is 14.8. The van der Waals surface area contributed by atoms with Crippen LogP contribution in [0.2, 0.25) is 0 Å². The SMILES string of the molecule is CCOc1ccc(C(N)C(=O)N2CCC3C(CCCN3C)C2)cc1. The Kier molecular flexibility index (Phi) is 5.41. The largest absolute Gasteiger partial charge is 0.494 e. The van der Waals surface area contributed by atoms with E-state index in [9.17, 15) is 4.79 Å². The smallest absolute Gasteiger partial charge is 0.244 e. The van der Waals surface area contributed by atoms with Crippen LogP contribution in [0.15, 0.2) is 24.3 Å². The molecule has 0 saturated carbocycles. The molecule has 1 aromatic carbocycles. The predicted octanol–water partition coefficient (Wildman–Crippen LogP) is 2.03. The van der Waals surface area contributed by atoms with Crippen LogP contribution >= 0.6 is 0 Å². The molecular formula is C19H29N3O2. The number of nitrogens with two attached hydrogens (primary N) is 1. The van der Waals surface area contributed by atoms with Crippen molar-refractivity contribution in [2.45, 2.75) is 38.3 Å². The molecule has 2 heterocycles. The molecule has 2 aliphatic rings. The third kappa shape index (κ3) is 3.57. The first-order valence-electron chi connectivity index (χ1n) is 9.07. The van der Waals surface area contributed by atoms with E-state index in [2.05, 4.69) is 11.9 Å². The van der Waals surface area contributed by atoms with Crippen LogP contribution in [0.25, 0.3) is 0 Å². The lowest BCUT2D eigenvalue weighted by molar-refractivity contribution is -0.136. The van der Waals surface area contributed by atoms with Crippen LogP contribution in [0.4, 0.5) is 0 Å². The lowest BCUT2D eigenvalue weighted by Crippen LogP contribution is -2.55. The van der Waals surface area contributed by atoms with Gasteiger partial charge in [0.2, 0.25) is 5.91 Å². The van der Waals surface area contributed by atoms with Gasteiger partial charge in [0.15, 0.2) is 0 Å². The lowest BCUT2D eigenvalue weighted by atomic mass is 9.84. The Hall–Kier alpha value is -1.59. The summed E-state index contributed by atoms with van der Waals surface area (Å²) in [5.74, 6) is 1.45. The molecule has 1 aromatic rings. The molecule has 0 spiro atoms. The number of amides is 1. The van der Waals surface area contributed by atoms with Crippen molar-refractivity contribution in [2.24, 2.45) is 11.7 Å². The first-order valence-corrected chi connectivity index (χ1v) is 9.07. The molecule has 132 valence electrons. The van der Waals surface area contributed by atoms with E-state index in [1.807, 2.05) is 36.1 Å². The zero-order chi connectivity index (χ0) is 17.1. The number of ether oxygens (including phenoxy) is 1. The maximum Gasteiger partial charge on any atom is 0.244 e. The van der Waals surface area contributed by atoms with Crippen LogP contribution in [0, 0.1) is 5.92 Å². The van der Waals surface area contributed by atoms with E-state index in [4.69, 9.17) is 10.5 Å². The monoisotopic (exact) mass is 331 g/mol. The van der Waals surface area contributed by atoms with Crippen LogP contribution in [0.5, 0.6) is 5.75 Å². The van der Waals surface area contributed by atoms with Gasteiger partial charge in [0.1, 0.15) is 11.8 Å². The van der Waals surface area contributed by atoms with Gasteiger partial charge < -0.3 is 20.3 Å². The van der Waals surface area contributed by atoms with E-state index in [0.717, 1.165) is 30.8 Å². The van der Waals surface area contributed by atoms with E-state index < -0.39 is 6.04 Å².